The first-order chi connectivity index (χ1) is 7.31. The van der Waals surface area contributed by atoms with Gasteiger partial charge in [-0.2, -0.15) is 0 Å². The van der Waals surface area contributed by atoms with Crippen LogP contribution in [-0.4, -0.2) is 13.7 Å². The van der Waals surface area contributed by atoms with Gasteiger partial charge in [0.2, 0.25) is 0 Å². The molecule has 0 aliphatic heterocycles. The molecule has 1 aliphatic rings. The number of methoxy groups -OCH3 is 1. The summed E-state index contributed by atoms with van der Waals surface area (Å²) in [6.07, 6.45) is 4.06. The average Bonchev–Trinajstić information content (AvgIpc) is 2.18. The Morgan fingerprint density at radius 2 is 2.27 bits per heavy atom. The van der Waals surface area contributed by atoms with Crippen LogP contribution in [0.15, 0.2) is 18.2 Å². The van der Waals surface area contributed by atoms with Crippen molar-refractivity contribution in [3.63, 3.8) is 0 Å². The highest BCUT2D eigenvalue weighted by molar-refractivity contribution is 5.72. The van der Waals surface area contributed by atoms with Crippen molar-refractivity contribution in [1.29, 1.82) is 0 Å². The molecule has 2 rings (SSSR count). The van der Waals surface area contributed by atoms with Gasteiger partial charge in [0.1, 0.15) is 5.75 Å². The fourth-order valence-electron chi connectivity index (χ4n) is 1.83. The third kappa shape index (κ3) is 2.17. The van der Waals surface area contributed by atoms with Crippen LogP contribution in [0.3, 0.4) is 0 Å². The van der Waals surface area contributed by atoms with Crippen molar-refractivity contribution >= 4 is 11.4 Å². The molecule has 15 heavy (non-hydrogen) atoms. The quantitative estimate of drug-likeness (QED) is 0.744. The third-order valence-corrected chi connectivity index (χ3v) is 3.09. The van der Waals surface area contributed by atoms with E-state index >= 15 is 0 Å². The molecule has 0 amide bonds. The molecule has 0 heterocycles. The summed E-state index contributed by atoms with van der Waals surface area (Å²) in [4.78, 5) is 0. The maximum absolute atomic E-state index is 5.95. The van der Waals surface area contributed by atoms with E-state index in [4.69, 9.17) is 10.5 Å². The molecular weight excluding hydrogens is 188 g/mol. The molecule has 0 unspecified atom stereocenters. The number of para-hydroxylation sites is 1. The molecule has 1 aliphatic carbocycles. The molecule has 3 heteroatoms. The van der Waals surface area contributed by atoms with Crippen molar-refractivity contribution in [2.24, 2.45) is 5.92 Å². The van der Waals surface area contributed by atoms with Gasteiger partial charge in [0.05, 0.1) is 18.5 Å². The highest BCUT2D eigenvalue weighted by atomic mass is 16.5. The van der Waals surface area contributed by atoms with Crippen LogP contribution < -0.4 is 15.8 Å². The Morgan fingerprint density at radius 1 is 1.47 bits per heavy atom. The topological polar surface area (TPSA) is 47.3 Å². The number of rotatable bonds is 4. The van der Waals surface area contributed by atoms with Crippen LogP contribution in [0.1, 0.15) is 19.3 Å². The maximum Gasteiger partial charge on any atom is 0.143 e. The van der Waals surface area contributed by atoms with Crippen molar-refractivity contribution < 1.29 is 4.74 Å². The monoisotopic (exact) mass is 206 g/mol. The van der Waals surface area contributed by atoms with Gasteiger partial charge in [0.15, 0.2) is 0 Å². The number of ether oxygens (including phenoxy) is 1. The van der Waals surface area contributed by atoms with E-state index in [1.165, 1.54) is 19.3 Å². The lowest BCUT2D eigenvalue weighted by Crippen LogP contribution is -2.21. The number of benzene rings is 1. The lowest BCUT2D eigenvalue weighted by atomic mass is 9.85. The van der Waals surface area contributed by atoms with Gasteiger partial charge in [-0.25, -0.2) is 0 Å². The van der Waals surface area contributed by atoms with Crippen molar-refractivity contribution in [2.75, 3.05) is 24.7 Å². The summed E-state index contributed by atoms with van der Waals surface area (Å²) in [7, 11) is 1.64. The minimum atomic E-state index is 0.708. The number of nitrogens with two attached hydrogens (primary N) is 1. The first-order valence-electron chi connectivity index (χ1n) is 5.47. The van der Waals surface area contributed by atoms with Gasteiger partial charge >= 0.3 is 0 Å². The Morgan fingerprint density at radius 3 is 2.87 bits per heavy atom. The standard InChI is InChI=1S/C12H18N2O/c1-15-11-7-3-6-10(12(11)13)14-8-9-4-2-5-9/h3,6-7,9,14H,2,4-5,8,13H2,1H3. The zero-order valence-electron chi connectivity index (χ0n) is 9.12. The maximum atomic E-state index is 5.95. The number of hydrogen-bond acceptors (Lipinski definition) is 3. The lowest BCUT2D eigenvalue weighted by Gasteiger charge is -2.26. The van der Waals surface area contributed by atoms with Gasteiger partial charge in [-0.1, -0.05) is 12.5 Å². The highest BCUT2D eigenvalue weighted by Crippen LogP contribution is 2.31. The third-order valence-electron chi connectivity index (χ3n) is 3.09. The van der Waals surface area contributed by atoms with E-state index in [0.717, 1.165) is 23.9 Å². The van der Waals surface area contributed by atoms with Gasteiger partial charge in [0, 0.05) is 6.54 Å². The van der Waals surface area contributed by atoms with E-state index in [0.29, 0.717) is 5.69 Å². The number of hydrogen-bond donors (Lipinski definition) is 2. The normalized spacial score (nSPS) is 15.8. The first-order valence-corrected chi connectivity index (χ1v) is 5.47. The zero-order valence-corrected chi connectivity index (χ0v) is 9.12. The highest BCUT2D eigenvalue weighted by Gasteiger charge is 2.17. The van der Waals surface area contributed by atoms with Crippen LogP contribution in [0.2, 0.25) is 0 Å². The van der Waals surface area contributed by atoms with Crippen LogP contribution in [0.4, 0.5) is 11.4 Å². The van der Waals surface area contributed by atoms with Gasteiger partial charge in [-0.3, -0.25) is 0 Å². The van der Waals surface area contributed by atoms with Gasteiger partial charge in [0.25, 0.3) is 0 Å². The lowest BCUT2D eigenvalue weighted by molar-refractivity contribution is 0.333. The molecule has 0 atom stereocenters. The van der Waals surface area contributed by atoms with Crippen molar-refractivity contribution in [3.8, 4) is 5.75 Å². The van der Waals surface area contributed by atoms with Crippen LogP contribution >= 0.6 is 0 Å². The molecule has 82 valence electrons. The van der Waals surface area contributed by atoms with E-state index < -0.39 is 0 Å². The predicted molar refractivity (Wildman–Crippen MR) is 63.2 cm³/mol. The van der Waals surface area contributed by atoms with Gasteiger partial charge in [-0.05, 0) is 30.9 Å². The Balaban J connectivity index is 2.00. The molecular formula is C12H18N2O. The molecule has 1 aromatic rings. The van der Waals surface area contributed by atoms with E-state index in [1.54, 1.807) is 7.11 Å². The van der Waals surface area contributed by atoms with Gasteiger partial charge < -0.3 is 15.8 Å². The minimum Gasteiger partial charge on any atom is -0.495 e. The SMILES string of the molecule is COc1cccc(NCC2CCC2)c1N. The second-order valence-electron chi connectivity index (χ2n) is 4.10. The Kier molecular flexibility index (Phi) is 2.99. The minimum absolute atomic E-state index is 0.708. The number of nitrogens with one attached hydrogen (secondary N) is 1. The second kappa shape index (κ2) is 4.43. The van der Waals surface area contributed by atoms with E-state index in [-0.39, 0.29) is 0 Å². The van der Waals surface area contributed by atoms with Gasteiger partial charge in [-0.15, -0.1) is 0 Å². The van der Waals surface area contributed by atoms with E-state index in [9.17, 15) is 0 Å². The first kappa shape index (κ1) is 10.1. The fourth-order valence-corrected chi connectivity index (χ4v) is 1.83. The molecule has 1 aromatic carbocycles. The molecule has 0 radical (unpaired) electrons. The summed E-state index contributed by atoms with van der Waals surface area (Å²) in [5.74, 6) is 1.57. The molecule has 0 aromatic heterocycles. The van der Waals surface area contributed by atoms with Crippen LogP contribution in [0.5, 0.6) is 5.75 Å². The predicted octanol–water partition coefficient (Wildman–Crippen LogP) is 2.49. The smallest absolute Gasteiger partial charge is 0.143 e. The van der Waals surface area contributed by atoms with Crippen LogP contribution in [0.25, 0.3) is 0 Å². The molecule has 0 spiro atoms. The molecule has 0 bridgehead atoms. The summed E-state index contributed by atoms with van der Waals surface area (Å²) < 4.78 is 5.17. The summed E-state index contributed by atoms with van der Waals surface area (Å²) in [6.45, 7) is 1.03. The average molecular weight is 206 g/mol. The molecule has 1 saturated carbocycles. The number of nitrogen functional groups attached to an aromatic ring is 1. The Bertz CT molecular complexity index is 334. The van der Waals surface area contributed by atoms with Crippen LogP contribution in [0, 0.1) is 5.92 Å². The number of anilines is 2. The van der Waals surface area contributed by atoms with Crippen molar-refractivity contribution in [1.82, 2.24) is 0 Å². The largest absolute Gasteiger partial charge is 0.495 e. The van der Waals surface area contributed by atoms with E-state index in [2.05, 4.69) is 5.32 Å². The molecule has 3 N–H and O–H groups in total. The van der Waals surface area contributed by atoms with Crippen LogP contribution in [-0.2, 0) is 0 Å². The molecule has 0 saturated heterocycles. The van der Waals surface area contributed by atoms with Crippen molar-refractivity contribution in [3.05, 3.63) is 18.2 Å². The summed E-state index contributed by atoms with van der Waals surface area (Å²) >= 11 is 0. The summed E-state index contributed by atoms with van der Waals surface area (Å²) in [5, 5.41) is 3.38. The van der Waals surface area contributed by atoms with E-state index in [1.807, 2.05) is 18.2 Å². The summed E-state index contributed by atoms with van der Waals surface area (Å²) in [5.41, 5.74) is 7.65. The second-order valence-corrected chi connectivity index (χ2v) is 4.10. The zero-order chi connectivity index (χ0) is 10.7. The Labute approximate surface area is 90.6 Å². The van der Waals surface area contributed by atoms with Crippen molar-refractivity contribution in [2.45, 2.75) is 19.3 Å². The molecule has 1 fully saturated rings. The summed E-state index contributed by atoms with van der Waals surface area (Å²) in [6, 6.07) is 5.83. The fraction of sp³-hybridized carbons (Fsp3) is 0.500. The Hall–Kier alpha value is -1.38. The molecule has 3 nitrogen and oxygen atoms in total.